The van der Waals surface area contributed by atoms with Crippen LogP contribution in [0.3, 0.4) is 0 Å². The maximum absolute atomic E-state index is 12.9. The van der Waals surface area contributed by atoms with Crippen molar-refractivity contribution in [3.63, 3.8) is 0 Å². The Labute approximate surface area is 111 Å². The number of alkyl halides is 1. The molecule has 0 saturated heterocycles. The van der Waals surface area contributed by atoms with Crippen LogP contribution in [0.2, 0.25) is 0 Å². The van der Waals surface area contributed by atoms with Gasteiger partial charge in [-0.1, -0.05) is 15.9 Å². The Bertz CT molecular complexity index is 371. The summed E-state index contributed by atoms with van der Waals surface area (Å²) in [6.07, 6.45) is 1.91. The summed E-state index contributed by atoms with van der Waals surface area (Å²) in [4.78, 5) is 11.7. The Kier molecular flexibility index (Phi) is 5.98. The van der Waals surface area contributed by atoms with E-state index in [4.69, 9.17) is 0 Å². The van der Waals surface area contributed by atoms with Crippen LogP contribution in [-0.2, 0) is 0 Å². The summed E-state index contributed by atoms with van der Waals surface area (Å²) in [5.41, 5.74) is 0.332. The van der Waals surface area contributed by atoms with E-state index in [-0.39, 0.29) is 5.91 Å². The van der Waals surface area contributed by atoms with Gasteiger partial charge in [0.2, 0.25) is 0 Å². The fourth-order valence-corrected chi connectivity index (χ4v) is 2.01. The van der Waals surface area contributed by atoms with Gasteiger partial charge in [0.1, 0.15) is 5.82 Å². The molecule has 1 aromatic carbocycles. The molecule has 0 fully saturated rings. The van der Waals surface area contributed by atoms with Crippen molar-refractivity contribution in [2.75, 3.05) is 11.9 Å². The summed E-state index contributed by atoms with van der Waals surface area (Å²) in [5.74, 6) is -0.658. The van der Waals surface area contributed by atoms with E-state index in [9.17, 15) is 9.18 Å². The monoisotopic (exact) mass is 351 g/mol. The number of nitrogens with one attached hydrogen (secondary N) is 1. The zero-order valence-corrected chi connectivity index (χ0v) is 11.8. The molecule has 0 bridgehead atoms. The number of hydrogen-bond acceptors (Lipinski definition) is 1. The molecule has 0 unspecified atom stereocenters. The van der Waals surface area contributed by atoms with Crippen molar-refractivity contribution in [1.29, 1.82) is 0 Å². The van der Waals surface area contributed by atoms with Crippen LogP contribution in [0.15, 0.2) is 22.7 Å². The van der Waals surface area contributed by atoms with Gasteiger partial charge in [0.15, 0.2) is 0 Å². The SMILES string of the molecule is O=C(NCCCCBr)c1cc(F)ccc1Br. The van der Waals surface area contributed by atoms with Crippen LogP contribution in [0.4, 0.5) is 4.39 Å². The van der Waals surface area contributed by atoms with Crippen LogP contribution in [0, 0.1) is 5.82 Å². The fourth-order valence-electron chi connectivity index (χ4n) is 1.19. The van der Waals surface area contributed by atoms with Crippen molar-refractivity contribution in [1.82, 2.24) is 5.32 Å². The van der Waals surface area contributed by atoms with Gasteiger partial charge in [-0.2, -0.15) is 0 Å². The minimum atomic E-state index is -0.409. The molecule has 0 radical (unpaired) electrons. The highest BCUT2D eigenvalue weighted by atomic mass is 79.9. The maximum atomic E-state index is 12.9. The number of unbranched alkanes of at least 4 members (excludes halogenated alkanes) is 1. The topological polar surface area (TPSA) is 29.1 Å². The highest BCUT2D eigenvalue weighted by Gasteiger charge is 2.10. The lowest BCUT2D eigenvalue weighted by Gasteiger charge is -2.06. The van der Waals surface area contributed by atoms with E-state index in [1.807, 2.05) is 0 Å². The second kappa shape index (κ2) is 7.01. The first-order valence-electron chi connectivity index (χ1n) is 4.94. The summed E-state index contributed by atoms with van der Waals surface area (Å²) >= 11 is 6.53. The molecule has 0 aliphatic heterocycles. The second-order valence-corrected chi connectivity index (χ2v) is 4.92. The van der Waals surface area contributed by atoms with Crippen LogP contribution in [0.5, 0.6) is 0 Å². The fraction of sp³-hybridized carbons (Fsp3) is 0.364. The van der Waals surface area contributed by atoms with Gasteiger partial charge in [-0.15, -0.1) is 0 Å². The third-order valence-electron chi connectivity index (χ3n) is 2.02. The van der Waals surface area contributed by atoms with Crippen LogP contribution in [-0.4, -0.2) is 17.8 Å². The van der Waals surface area contributed by atoms with Gasteiger partial charge in [0.05, 0.1) is 5.56 Å². The molecule has 0 spiro atoms. The normalized spacial score (nSPS) is 10.2. The minimum absolute atomic E-state index is 0.249. The lowest BCUT2D eigenvalue weighted by molar-refractivity contribution is 0.0952. The molecule has 5 heteroatoms. The highest BCUT2D eigenvalue weighted by Crippen LogP contribution is 2.17. The molecule has 0 saturated carbocycles. The molecule has 1 aromatic rings. The molecule has 1 N–H and O–H groups in total. The van der Waals surface area contributed by atoms with Crippen molar-refractivity contribution in [2.24, 2.45) is 0 Å². The zero-order chi connectivity index (χ0) is 12.0. The smallest absolute Gasteiger partial charge is 0.252 e. The number of carbonyl (C=O) groups excluding carboxylic acids is 1. The van der Waals surface area contributed by atoms with Crippen LogP contribution < -0.4 is 5.32 Å². The number of amides is 1. The molecule has 16 heavy (non-hydrogen) atoms. The van der Waals surface area contributed by atoms with Gasteiger partial charge in [-0.25, -0.2) is 4.39 Å². The van der Waals surface area contributed by atoms with Crippen LogP contribution in [0.1, 0.15) is 23.2 Å². The van der Waals surface area contributed by atoms with Crippen LogP contribution in [0.25, 0.3) is 0 Å². The third-order valence-corrected chi connectivity index (χ3v) is 3.27. The van der Waals surface area contributed by atoms with E-state index in [0.29, 0.717) is 16.6 Å². The van der Waals surface area contributed by atoms with Crippen LogP contribution >= 0.6 is 31.9 Å². The van der Waals surface area contributed by atoms with Crippen molar-refractivity contribution in [3.8, 4) is 0 Å². The van der Waals surface area contributed by atoms with Gasteiger partial charge in [0.25, 0.3) is 5.91 Å². The summed E-state index contributed by atoms with van der Waals surface area (Å²) in [6, 6.07) is 4.07. The number of hydrogen-bond donors (Lipinski definition) is 1. The summed E-state index contributed by atoms with van der Waals surface area (Å²) in [7, 11) is 0. The van der Waals surface area contributed by atoms with E-state index in [1.54, 1.807) is 0 Å². The third kappa shape index (κ3) is 4.22. The predicted octanol–water partition coefficient (Wildman–Crippen LogP) is 3.49. The van der Waals surface area contributed by atoms with Crippen molar-refractivity contribution in [3.05, 3.63) is 34.1 Å². The summed E-state index contributed by atoms with van der Waals surface area (Å²) in [5, 5.41) is 3.67. The molecule has 0 atom stereocenters. The van der Waals surface area contributed by atoms with Crippen molar-refractivity contribution >= 4 is 37.8 Å². The Morgan fingerprint density at radius 2 is 2.12 bits per heavy atom. The second-order valence-electron chi connectivity index (χ2n) is 3.28. The molecule has 0 aliphatic carbocycles. The number of carbonyl (C=O) groups is 1. The van der Waals surface area contributed by atoms with Gasteiger partial charge >= 0.3 is 0 Å². The molecular weight excluding hydrogens is 341 g/mol. The number of rotatable bonds is 5. The predicted molar refractivity (Wildman–Crippen MR) is 69.5 cm³/mol. The largest absolute Gasteiger partial charge is 0.352 e. The van der Waals surface area contributed by atoms with Gasteiger partial charge in [-0.05, 0) is 47.0 Å². The molecule has 2 nitrogen and oxygen atoms in total. The maximum Gasteiger partial charge on any atom is 0.252 e. The molecule has 0 aromatic heterocycles. The average molecular weight is 353 g/mol. The Hall–Kier alpha value is -0.420. The van der Waals surface area contributed by atoms with Gasteiger partial charge in [-0.3, -0.25) is 4.79 Å². The Morgan fingerprint density at radius 1 is 1.38 bits per heavy atom. The standard InChI is InChI=1S/C11H12Br2FNO/c12-5-1-2-6-15-11(16)9-7-8(14)3-4-10(9)13/h3-4,7H,1-2,5-6H2,(H,15,16). The van der Waals surface area contributed by atoms with E-state index < -0.39 is 5.82 Å². The Morgan fingerprint density at radius 3 is 2.81 bits per heavy atom. The highest BCUT2D eigenvalue weighted by molar-refractivity contribution is 9.10. The van der Waals surface area contributed by atoms with E-state index in [1.165, 1.54) is 18.2 Å². The number of benzene rings is 1. The minimum Gasteiger partial charge on any atom is -0.352 e. The molecule has 0 heterocycles. The quantitative estimate of drug-likeness (QED) is 0.637. The van der Waals surface area contributed by atoms with Crippen molar-refractivity contribution in [2.45, 2.75) is 12.8 Å². The summed E-state index contributed by atoms with van der Waals surface area (Å²) < 4.78 is 13.5. The van der Waals surface area contributed by atoms with E-state index >= 15 is 0 Å². The summed E-state index contributed by atoms with van der Waals surface area (Å²) in [6.45, 7) is 0.605. The Balaban J connectivity index is 2.55. The molecular formula is C11H12Br2FNO. The van der Waals surface area contributed by atoms with Gasteiger partial charge < -0.3 is 5.32 Å². The van der Waals surface area contributed by atoms with Crippen molar-refractivity contribution < 1.29 is 9.18 Å². The molecule has 88 valence electrons. The first kappa shape index (κ1) is 13.6. The number of halogens is 3. The zero-order valence-electron chi connectivity index (χ0n) is 8.60. The molecule has 0 aliphatic rings. The van der Waals surface area contributed by atoms with Gasteiger partial charge in [0, 0.05) is 16.3 Å². The lowest BCUT2D eigenvalue weighted by atomic mass is 10.2. The first-order valence-corrected chi connectivity index (χ1v) is 6.86. The molecule has 1 amide bonds. The average Bonchev–Trinajstić information content (AvgIpc) is 2.27. The first-order chi connectivity index (χ1) is 7.65. The molecule has 1 rings (SSSR count). The van der Waals surface area contributed by atoms with E-state index in [2.05, 4.69) is 37.2 Å². The lowest BCUT2D eigenvalue weighted by Crippen LogP contribution is -2.25. The van der Waals surface area contributed by atoms with E-state index in [0.717, 1.165) is 18.2 Å².